The molecule has 48 heavy (non-hydrogen) atoms. The van der Waals surface area contributed by atoms with Crippen molar-refractivity contribution < 1.29 is 0 Å². The van der Waals surface area contributed by atoms with E-state index in [4.69, 9.17) is 0 Å². The summed E-state index contributed by atoms with van der Waals surface area (Å²) in [5, 5.41) is 26.0. The molecule has 7 aromatic carbocycles. The lowest BCUT2D eigenvalue weighted by Gasteiger charge is -2.19. The molecule has 0 bridgehead atoms. The summed E-state index contributed by atoms with van der Waals surface area (Å²) in [5.41, 5.74) is 10.5. The monoisotopic (exact) mass is 610 g/mol. The maximum atomic E-state index is 10.9. The van der Waals surface area contributed by atoms with E-state index < -0.39 is 0 Å². The van der Waals surface area contributed by atoms with E-state index in [9.17, 15) is 10.5 Å². The molecule has 0 aliphatic rings. The maximum Gasteiger partial charge on any atom is 0.102 e. The first-order valence-electron chi connectivity index (χ1n) is 15.9. The standard InChI is InChI=1S/C44H26N4/c45-27-29-13-11-26-43(48-40-23-9-5-17-34(40)35-18-6-10-24-41(35)48)44(29)36-19-2-1-14-30(36)31-20-12-25-42(37(31)28-46)47-38-21-7-3-15-32(38)33-16-4-8-22-39(33)47/h1-26H. The lowest BCUT2D eigenvalue weighted by molar-refractivity contribution is 1.17. The molecule has 0 N–H and O–H groups in total. The first-order valence-corrected chi connectivity index (χ1v) is 15.9. The van der Waals surface area contributed by atoms with Gasteiger partial charge in [-0.05, 0) is 53.6 Å². The second kappa shape index (κ2) is 10.9. The molecule has 0 unspecified atom stereocenters. The molecule has 0 spiro atoms. The molecule has 0 atom stereocenters. The second-order valence-electron chi connectivity index (χ2n) is 11.9. The molecule has 2 aromatic heterocycles. The van der Waals surface area contributed by atoms with Crippen LogP contribution in [-0.2, 0) is 0 Å². The Hall–Kier alpha value is -6.88. The minimum absolute atomic E-state index is 0.568. The van der Waals surface area contributed by atoms with E-state index in [-0.39, 0.29) is 0 Å². The Morgan fingerprint density at radius 2 is 0.771 bits per heavy atom. The largest absolute Gasteiger partial charge is 0.309 e. The Bertz CT molecular complexity index is 2710. The molecule has 4 nitrogen and oxygen atoms in total. The van der Waals surface area contributed by atoms with Crippen LogP contribution in [0.15, 0.2) is 158 Å². The average molecular weight is 611 g/mol. The van der Waals surface area contributed by atoms with Gasteiger partial charge in [-0.15, -0.1) is 0 Å². The number of nitriles is 2. The van der Waals surface area contributed by atoms with Crippen molar-refractivity contribution in [2.24, 2.45) is 0 Å². The van der Waals surface area contributed by atoms with Gasteiger partial charge in [-0.2, -0.15) is 10.5 Å². The smallest absolute Gasteiger partial charge is 0.102 e. The SMILES string of the molecule is N#Cc1cccc(-n2c3ccccc3c3ccccc32)c1-c1ccccc1-c1cccc(-n2c3ccccc3c3ccccc32)c1C#N. The fourth-order valence-electron chi connectivity index (χ4n) is 7.47. The van der Waals surface area contributed by atoms with Crippen molar-refractivity contribution >= 4 is 43.6 Å². The number of hydrogen-bond donors (Lipinski definition) is 0. The summed E-state index contributed by atoms with van der Waals surface area (Å²) < 4.78 is 4.46. The van der Waals surface area contributed by atoms with Crippen LogP contribution < -0.4 is 0 Å². The van der Waals surface area contributed by atoms with E-state index in [1.165, 1.54) is 0 Å². The summed E-state index contributed by atoms with van der Waals surface area (Å²) in [6, 6.07) is 58.7. The van der Waals surface area contributed by atoms with Gasteiger partial charge in [0, 0.05) is 32.7 Å². The van der Waals surface area contributed by atoms with Crippen LogP contribution >= 0.6 is 0 Å². The van der Waals surface area contributed by atoms with Gasteiger partial charge in [0.15, 0.2) is 0 Å². The van der Waals surface area contributed by atoms with Gasteiger partial charge in [0.05, 0.1) is 50.6 Å². The van der Waals surface area contributed by atoms with E-state index in [1.807, 2.05) is 54.6 Å². The molecule has 222 valence electrons. The number of fused-ring (bicyclic) bond motifs is 6. The fourth-order valence-corrected chi connectivity index (χ4v) is 7.47. The van der Waals surface area contributed by atoms with Crippen LogP contribution in [0.25, 0.3) is 77.2 Å². The van der Waals surface area contributed by atoms with Gasteiger partial charge in [-0.1, -0.05) is 115 Å². The zero-order chi connectivity index (χ0) is 32.2. The van der Waals surface area contributed by atoms with Gasteiger partial charge in [0.25, 0.3) is 0 Å². The summed E-state index contributed by atoms with van der Waals surface area (Å²) in [7, 11) is 0. The molecule has 0 amide bonds. The summed E-state index contributed by atoms with van der Waals surface area (Å²) >= 11 is 0. The van der Waals surface area contributed by atoms with E-state index in [2.05, 4.69) is 124 Å². The van der Waals surface area contributed by atoms with Crippen LogP contribution in [0, 0.1) is 22.7 Å². The minimum atomic E-state index is 0.568. The van der Waals surface area contributed by atoms with Crippen LogP contribution in [0.1, 0.15) is 11.1 Å². The van der Waals surface area contributed by atoms with Crippen molar-refractivity contribution in [1.82, 2.24) is 9.13 Å². The Morgan fingerprint density at radius 1 is 0.354 bits per heavy atom. The highest BCUT2D eigenvalue weighted by Gasteiger charge is 2.23. The third-order valence-electron chi connectivity index (χ3n) is 9.45. The lowest BCUT2D eigenvalue weighted by Crippen LogP contribution is -2.02. The maximum absolute atomic E-state index is 10.9. The van der Waals surface area contributed by atoms with E-state index in [1.54, 1.807) is 0 Å². The molecular weight excluding hydrogens is 585 g/mol. The zero-order valence-corrected chi connectivity index (χ0v) is 25.8. The van der Waals surface area contributed by atoms with E-state index in [0.29, 0.717) is 11.1 Å². The first-order chi connectivity index (χ1) is 23.8. The first kappa shape index (κ1) is 27.4. The number of nitrogens with zero attached hydrogens (tertiary/aromatic N) is 4. The van der Waals surface area contributed by atoms with Gasteiger partial charge in [0.1, 0.15) is 6.07 Å². The van der Waals surface area contributed by atoms with Gasteiger partial charge in [-0.3, -0.25) is 0 Å². The number of hydrogen-bond acceptors (Lipinski definition) is 2. The zero-order valence-electron chi connectivity index (χ0n) is 25.8. The van der Waals surface area contributed by atoms with Crippen molar-refractivity contribution in [2.45, 2.75) is 0 Å². The highest BCUT2D eigenvalue weighted by Crippen LogP contribution is 2.43. The van der Waals surface area contributed by atoms with Crippen LogP contribution in [-0.4, -0.2) is 9.13 Å². The molecule has 0 aliphatic carbocycles. The molecule has 0 radical (unpaired) electrons. The molecule has 0 saturated heterocycles. The van der Waals surface area contributed by atoms with E-state index >= 15 is 0 Å². The molecule has 9 rings (SSSR count). The molecular formula is C44H26N4. The highest BCUT2D eigenvalue weighted by molar-refractivity contribution is 6.11. The third kappa shape index (κ3) is 3.94. The van der Waals surface area contributed by atoms with Gasteiger partial charge < -0.3 is 9.13 Å². The van der Waals surface area contributed by atoms with Crippen LogP contribution in [0.3, 0.4) is 0 Å². The number of aromatic nitrogens is 2. The van der Waals surface area contributed by atoms with Crippen molar-refractivity contribution in [3.63, 3.8) is 0 Å². The number of benzene rings is 7. The van der Waals surface area contributed by atoms with Crippen molar-refractivity contribution in [3.8, 4) is 45.8 Å². The van der Waals surface area contributed by atoms with Gasteiger partial charge in [0.2, 0.25) is 0 Å². The summed E-state index contributed by atoms with van der Waals surface area (Å²) in [5.74, 6) is 0. The predicted octanol–water partition coefficient (Wildman–Crippen LogP) is 11.0. The topological polar surface area (TPSA) is 57.4 Å². The second-order valence-corrected chi connectivity index (χ2v) is 11.9. The van der Waals surface area contributed by atoms with Crippen molar-refractivity contribution in [1.29, 1.82) is 10.5 Å². The lowest BCUT2D eigenvalue weighted by atomic mass is 9.88. The minimum Gasteiger partial charge on any atom is -0.309 e. The third-order valence-corrected chi connectivity index (χ3v) is 9.45. The fraction of sp³-hybridized carbons (Fsp3) is 0. The Labute approximate surface area is 277 Å². The molecule has 4 heteroatoms. The average Bonchev–Trinajstić information content (AvgIpc) is 3.67. The van der Waals surface area contributed by atoms with Crippen LogP contribution in [0.5, 0.6) is 0 Å². The molecule has 0 saturated carbocycles. The van der Waals surface area contributed by atoms with Gasteiger partial charge in [-0.25, -0.2) is 0 Å². The van der Waals surface area contributed by atoms with Crippen LogP contribution in [0.2, 0.25) is 0 Å². The Morgan fingerprint density at radius 3 is 1.29 bits per heavy atom. The van der Waals surface area contributed by atoms with Crippen molar-refractivity contribution in [2.75, 3.05) is 0 Å². The molecule has 0 aliphatic heterocycles. The Balaban J connectivity index is 1.34. The van der Waals surface area contributed by atoms with E-state index in [0.717, 1.165) is 77.2 Å². The Kier molecular flexibility index (Phi) is 6.22. The summed E-state index contributed by atoms with van der Waals surface area (Å²) in [6.07, 6.45) is 0. The predicted molar refractivity (Wildman–Crippen MR) is 195 cm³/mol. The summed E-state index contributed by atoms with van der Waals surface area (Å²) in [6.45, 7) is 0. The number of para-hydroxylation sites is 4. The molecule has 0 fully saturated rings. The quantitative estimate of drug-likeness (QED) is 0.199. The molecule has 2 heterocycles. The van der Waals surface area contributed by atoms with Crippen LogP contribution in [0.4, 0.5) is 0 Å². The number of rotatable bonds is 4. The summed E-state index contributed by atoms with van der Waals surface area (Å²) in [4.78, 5) is 0. The van der Waals surface area contributed by atoms with Gasteiger partial charge >= 0.3 is 0 Å². The normalized spacial score (nSPS) is 11.3. The molecule has 9 aromatic rings. The van der Waals surface area contributed by atoms with Crippen molar-refractivity contribution in [3.05, 3.63) is 169 Å². The highest BCUT2D eigenvalue weighted by atomic mass is 15.0.